The van der Waals surface area contributed by atoms with Crippen LogP contribution >= 0.6 is 0 Å². The number of rotatable bonds is 5. The molecule has 1 amide bonds. The highest BCUT2D eigenvalue weighted by Crippen LogP contribution is 2.31. The minimum Gasteiger partial charge on any atom is -0.325 e. The second-order valence-corrected chi connectivity index (χ2v) is 10.5. The molecule has 4 aromatic rings. The normalized spacial score (nSPS) is 15.8. The fraction of sp³-hybridized carbons (Fsp3) is 0.143. The van der Waals surface area contributed by atoms with Gasteiger partial charge in [0.2, 0.25) is 15.9 Å². The molecular weight excluding hydrogens is 458 g/mol. The number of amides is 1. The standard InChI is InChI=1S/C28H23N3O3S/c29-16-15-20-9-12-25(13-10-20)30-28(32)27-18-23-7-3-4-8-24(23)19-31(27)35(33,34)26-14-11-21-5-1-2-6-22(21)17-26/h1-14,17,27H,15,18-19H2,(H,30,32). The van der Waals surface area contributed by atoms with Crippen molar-refractivity contribution >= 4 is 32.4 Å². The number of benzene rings is 4. The zero-order chi connectivity index (χ0) is 24.4. The lowest BCUT2D eigenvalue weighted by Gasteiger charge is -2.35. The van der Waals surface area contributed by atoms with Crippen molar-refractivity contribution in [3.05, 3.63) is 108 Å². The molecular formula is C28H23N3O3S. The van der Waals surface area contributed by atoms with Gasteiger partial charge >= 0.3 is 0 Å². The number of nitrogens with zero attached hydrogens (tertiary/aromatic N) is 2. The lowest BCUT2D eigenvalue weighted by atomic mass is 9.95. The van der Waals surface area contributed by atoms with E-state index in [2.05, 4.69) is 11.4 Å². The summed E-state index contributed by atoms with van der Waals surface area (Å²) in [5, 5.41) is 13.5. The minimum atomic E-state index is -3.96. The van der Waals surface area contributed by atoms with E-state index in [1.165, 1.54) is 4.31 Å². The Balaban J connectivity index is 1.50. The summed E-state index contributed by atoms with van der Waals surface area (Å²) in [6.07, 6.45) is 0.562. The van der Waals surface area contributed by atoms with E-state index >= 15 is 0 Å². The topological polar surface area (TPSA) is 90.3 Å². The van der Waals surface area contributed by atoms with Gasteiger partial charge in [0, 0.05) is 12.2 Å². The summed E-state index contributed by atoms with van der Waals surface area (Å²) in [7, 11) is -3.96. The molecule has 0 fully saturated rings. The molecule has 5 rings (SSSR count). The number of anilines is 1. The number of carbonyl (C=O) groups is 1. The van der Waals surface area contributed by atoms with E-state index in [0.717, 1.165) is 27.5 Å². The van der Waals surface area contributed by atoms with Crippen molar-refractivity contribution in [1.82, 2.24) is 4.31 Å². The van der Waals surface area contributed by atoms with Crippen LogP contribution in [0.1, 0.15) is 16.7 Å². The van der Waals surface area contributed by atoms with Gasteiger partial charge in [0.1, 0.15) is 6.04 Å². The number of fused-ring (bicyclic) bond motifs is 2. The second-order valence-electron chi connectivity index (χ2n) is 8.57. The molecule has 1 atom stereocenters. The molecule has 35 heavy (non-hydrogen) atoms. The molecule has 7 heteroatoms. The van der Waals surface area contributed by atoms with E-state index in [1.54, 1.807) is 42.5 Å². The highest BCUT2D eigenvalue weighted by Gasteiger charge is 2.39. The molecule has 6 nitrogen and oxygen atoms in total. The van der Waals surface area contributed by atoms with Gasteiger partial charge in [-0.1, -0.05) is 66.7 Å². The predicted molar refractivity (Wildman–Crippen MR) is 135 cm³/mol. The van der Waals surface area contributed by atoms with Gasteiger partial charge < -0.3 is 5.32 Å². The predicted octanol–water partition coefficient (Wildman–Crippen LogP) is 4.66. The van der Waals surface area contributed by atoms with Gasteiger partial charge in [0.05, 0.1) is 17.4 Å². The Morgan fingerprint density at radius 3 is 2.34 bits per heavy atom. The van der Waals surface area contributed by atoms with E-state index < -0.39 is 22.0 Å². The molecule has 1 unspecified atom stereocenters. The van der Waals surface area contributed by atoms with Crippen LogP contribution in [0.15, 0.2) is 95.9 Å². The number of sulfonamides is 1. The smallest absolute Gasteiger partial charge is 0.244 e. The van der Waals surface area contributed by atoms with Crippen molar-refractivity contribution in [3.8, 4) is 6.07 Å². The first-order valence-electron chi connectivity index (χ1n) is 11.3. The summed E-state index contributed by atoms with van der Waals surface area (Å²) in [6, 6.07) is 28.4. The van der Waals surface area contributed by atoms with Gasteiger partial charge in [-0.2, -0.15) is 9.57 Å². The Morgan fingerprint density at radius 2 is 1.60 bits per heavy atom. The molecule has 0 radical (unpaired) electrons. The van der Waals surface area contributed by atoms with Gasteiger partial charge in [0.25, 0.3) is 0 Å². The number of hydrogen-bond donors (Lipinski definition) is 1. The average Bonchev–Trinajstić information content (AvgIpc) is 2.89. The van der Waals surface area contributed by atoms with E-state index in [-0.39, 0.29) is 24.3 Å². The maximum atomic E-state index is 13.8. The summed E-state index contributed by atoms with van der Waals surface area (Å²) in [4.78, 5) is 13.6. The van der Waals surface area contributed by atoms with Crippen LogP contribution in [0.5, 0.6) is 0 Å². The van der Waals surface area contributed by atoms with Crippen LogP contribution < -0.4 is 5.32 Å². The molecule has 0 aliphatic carbocycles. The van der Waals surface area contributed by atoms with Crippen LogP contribution in [0, 0.1) is 11.3 Å². The number of nitriles is 1. The van der Waals surface area contributed by atoms with Gasteiger partial charge in [0.15, 0.2) is 0 Å². The molecule has 1 heterocycles. The lowest BCUT2D eigenvalue weighted by molar-refractivity contribution is -0.120. The van der Waals surface area contributed by atoms with Crippen molar-refractivity contribution in [1.29, 1.82) is 5.26 Å². The van der Waals surface area contributed by atoms with E-state index in [4.69, 9.17) is 5.26 Å². The quantitative estimate of drug-likeness (QED) is 0.449. The van der Waals surface area contributed by atoms with E-state index in [0.29, 0.717) is 5.69 Å². The Bertz CT molecular complexity index is 1560. The summed E-state index contributed by atoms with van der Waals surface area (Å²) in [5.74, 6) is -0.392. The van der Waals surface area contributed by atoms with Gasteiger partial charge in [-0.3, -0.25) is 4.79 Å². The Kier molecular flexibility index (Phi) is 6.08. The van der Waals surface area contributed by atoms with E-state index in [9.17, 15) is 13.2 Å². The maximum absolute atomic E-state index is 13.8. The fourth-order valence-electron chi connectivity index (χ4n) is 4.46. The largest absolute Gasteiger partial charge is 0.325 e. The molecule has 1 aliphatic rings. The van der Waals surface area contributed by atoms with Crippen molar-refractivity contribution < 1.29 is 13.2 Å². The Labute approximate surface area is 204 Å². The molecule has 0 saturated heterocycles. The molecule has 0 saturated carbocycles. The summed E-state index contributed by atoms with van der Waals surface area (Å²) in [6.45, 7) is 0.116. The molecule has 0 aromatic heterocycles. The third kappa shape index (κ3) is 4.54. The van der Waals surface area contributed by atoms with Crippen LogP contribution in [0.4, 0.5) is 5.69 Å². The monoisotopic (exact) mass is 481 g/mol. The van der Waals surface area contributed by atoms with Crippen LogP contribution in [0.25, 0.3) is 10.8 Å². The molecule has 0 spiro atoms. The number of carbonyl (C=O) groups excluding carboxylic acids is 1. The first-order valence-corrected chi connectivity index (χ1v) is 12.7. The Morgan fingerprint density at radius 1 is 0.914 bits per heavy atom. The van der Waals surface area contributed by atoms with Gasteiger partial charge in [-0.15, -0.1) is 0 Å². The van der Waals surface area contributed by atoms with Crippen LogP contribution in [-0.2, 0) is 34.2 Å². The first kappa shape index (κ1) is 22.8. The molecule has 174 valence electrons. The minimum absolute atomic E-state index is 0.116. The third-order valence-electron chi connectivity index (χ3n) is 6.34. The molecule has 0 bridgehead atoms. The second kappa shape index (κ2) is 9.34. The summed E-state index contributed by atoms with van der Waals surface area (Å²) >= 11 is 0. The number of nitrogens with one attached hydrogen (secondary N) is 1. The highest BCUT2D eigenvalue weighted by molar-refractivity contribution is 7.89. The van der Waals surface area contributed by atoms with Crippen LogP contribution in [0.3, 0.4) is 0 Å². The van der Waals surface area contributed by atoms with E-state index in [1.807, 2.05) is 48.5 Å². The zero-order valence-corrected chi connectivity index (χ0v) is 19.7. The van der Waals surface area contributed by atoms with Crippen molar-refractivity contribution in [2.75, 3.05) is 5.32 Å². The molecule has 4 aromatic carbocycles. The van der Waals surface area contributed by atoms with Crippen LogP contribution in [0.2, 0.25) is 0 Å². The average molecular weight is 482 g/mol. The zero-order valence-electron chi connectivity index (χ0n) is 18.9. The third-order valence-corrected chi connectivity index (χ3v) is 8.19. The highest BCUT2D eigenvalue weighted by atomic mass is 32.2. The molecule has 1 aliphatic heterocycles. The van der Waals surface area contributed by atoms with Crippen molar-refractivity contribution in [3.63, 3.8) is 0 Å². The maximum Gasteiger partial charge on any atom is 0.244 e. The Hall–Kier alpha value is -3.99. The van der Waals surface area contributed by atoms with Crippen molar-refractivity contribution in [2.45, 2.75) is 30.3 Å². The molecule has 1 N–H and O–H groups in total. The SMILES string of the molecule is N#CCc1ccc(NC(=O)C2Cc3ccccc3CN2S(=O)(=O)c2ccc3ccccc3c2)cc1. The van der Waals surface area contributed by atoms with Crippen LogP contribution in [-0.4, -0.2) is 24.7 Å². The summed E-state index contributed by atoms with van der Waals surface area (Å²) in [5.41, 5.74) is 3.25. The summed E-state index contributed by atoms with van der Waals surface area (Å²) < 4.78 is 29.0. The van der Waals surface area contributed by atoms with Crippen molar-refractivity contribution in [2.24, 2.45) is 0 Å². The number of hydrogen-bond acceptors (Lipinski definition) is 4. The first-order chi connectivity index (χ1) is 17.0. The fourth-order valence-corrected chi connectivity index (χ4v) is 6.06. The van der Waals surface area contributed by atoms with Gasteiger partial charge in [-0.25, -0.2) is 8.42 Å². The van der Waals surface area contributed by atoms with Gasteiger partial charge in [-0.05, 0) is 58.1 Å². The lowest BCUT2D eigenvalue weighted by Crippen LogP contribution is -2.50.